The van der Waals surface area contributed by atoms with E-state index in [4.69, 9.17) is 5.73 Å². The summed E-state index contributed by atoms with van der Waals surface area (Å²) < 4.78 is 12.8. The first-order valence-corrected chi connectivity index (χ1v) is 6.84. The van der Waals surface area contributed by atoms with Crippen LogP contribution in [0, 0.1) is 17.7 Å². The first kappa shape index (κ1) is 13.5. The van der Waals surface area contributed by atoms with Gasteiger partial charge in [0.05, 0.1) is 0 Å². The van der Waals surface area contributed by atoms with Gasteiger partial charge >= 0.3 is 0 Å². The zero-order valence-electron chi connectivity index (χ0n) is 11.1. The minimum atomic E-state index is -0.158. The van der Waals surface area contributed by atoms with Gasteiger partial charge in [-0.3, -0.25) is 4.90 Å². The Kier molecular flexibility index (Phi) is 4.72. The Hall–Kier alpha value is -0.930. The fourth-order valence-corrected chi connectivity index (χ4v) is 2.76. The average Bonchev–Trinajstić information content (AvgIpc) is 2.79. The lowest BCUT2D eigenvalue weighted by Gasteiger charge is -2.17. The molecule has 2 atom stereocenters. The minimum absolute atomic E-state index is 0.158. The number of nitrogens with two attached hydrogens (primary N) is 1. The van der Waals surface area contributed by atoms with E-state index in [0.717, 1.165) is 32.1 Å². The Labute approximate surface area is 109 Å². The van der Waals surface area contributed by atoms with Crippen LogP contribution in [0.15, 0.2) is 24.3 Å². The van der Waals surface area contributed by atoms with Gasteiger partial charge in [-0.2, -0.15) is 0 Å². The SMILES string of the molecule is CC(CN)CC1CCN(Cc2ccc(F)cc2)C1. The zero-order valence-corrected chi connectivity index (χ0v) is 11.1. The summed E-state index contributed by atoms with van der Waals surface area (Å²) in [5.41, 5.74) is 6.87. The van der Waals surface area contributed by atoms with E-state index in [9.17, 15) is 4.39 Å². The van der Waals surface area contributed by atoms with Crippen LogP contribution in [0.5, 0.6) is 0 Å². The van der Waals surface area contributed by atoms with Gasteiger partial charge in [-0.15, -0.1) is 0 Å². The van der Waals surface area contributed by atoms with Gasteiger partial charge in [0.15, 0.2) is 0 Å². The second-order valence-electron chi connectivity index (χ2n) is 5.59. The average molecular weight is 250 g/mol. The molecule has 1 aromatic rings. The molecule has 1 saturated heterocycles. The maximum atomic E-state index is 12.8. The first-order valence-electron chi connectivity index (χ1n) is 6.84. The van der Waals surface area contributed by atoms with Gasteiger partial charge in [0, 0.05) is 13.1 Å². The van der Waals surface area contributed by atoms with Gasteiger partial charge in [0.25, 0.3) is 0 Å². The molecule has 1 aromatic carbocycles. The maximum absolute atomic E-state index is 12.8. The standard InChI is InChI=1S/C15H23FN2/c1-12(9-17)8-14-6-7-18(11-14)10-13-2-4-15(16)5-3-13/h2-5,12,14H,6-11,17H2,1H3. The molecule has 0 saturated carbocycles. The van der Waals surface area contributed by atoms with E-state index in [1.165, 1.54) is 18.4 Å². The lowest BCUT2D eigenvalue weighted by molar-refractivity contribution is 0.303. The van der Waals surface area contributed by atoms with Crippen molar-refractivity contribution in [3.63, 3.8) is 0 Å². The highest BCUT2D eigenvalue weighted by Gasteiger charge is 2.23. The third-order valence-corrected chi connectivity index (χ3v) is 3.83. The van der Waals surface area contributed by atoms with E-state index >= 15 is 0 Å². The molecule has 0 aliphatic carbocycles. The lowest BCUT2D eigenvalue weighted by Crippen LogP contribution is -2.21. The number of hydrogen-bond donors (Lipinski definition) is 1. The molecular formula is C15H23FN2. The van der Waals surface area contributed by atoms with Crippen LogP contribution >= 0.6 is 0 Å². The summed E-state index contributed by atoms with van der Waals surface area (Å²) >= 11 is 0. The van der Waals surface area contributed by atoms with Crippen molar-refractivity contribution in [3.05, 3.63) is 35.6 Å². The number of benzene rings is 1. The molecule has 1 aliphatic rings. The summed E-state index contributed by atoms with van der Waals surface area (Å²) in [7, 11) is 0. The molecule has 2 N–H and O–H groups in total. The van der Waals surface area contributed by atoms with Crippen LogP contribution in [0.1, 0.15) is 25.3 Å². The summed E-state index contributed by atoms with van der Waals surface area (Å²) in [6, 6.07) is 6.84. The van der Waals surface area contributed by atoms with Crippen LogP contribution in [0.25, 0.3) is 0 Å². The van der Waals surface area contributed by atoms with Gasteiger partial charge in [-0.1, -0.05) is 19.1 Å². The summed E-state index contributed by atoms with van der Waals surface area (Å²) in [5, 5.41) is 0. The van der Waals surface area contributed by atoms with E-state index in [-0.39, 0.29) is 5.82 Å². The van der Waals surface area contributed by atoms with Crippen LogP contribution in [-0.2, 0) is 6.54 Å². The van der Waals surface area contributed by atoms with Gasteiger partial charge in [-0.25, -0.2) is 4.39 Å². The summed E-state index contributed by atoms with van der Waals surface area (Å²) in [5.74, 6) is 1.25. The van der Waals surface area contributed by atoms with Gasteiger partial charge < -0.3 is 5.73 Å². The molecule has 1 heterocycles. The van der Waals surface area contributed by atoms with Crippen LogP contribution in [0.2, 0.25) is 0 Å². The monoisotopic (exact) mass is 250 g/mol. The molecule has 2 rings (SSSR count). The lowest BCUT2D eigenvalue weighted by atomic mass is 9.95. The molecule has 0 spiro atoms. The van der Waals surface area contributed by atoms with Crippen molar-refractivity contribution in [2.45, 2.75) is 26.3 Å². The molecule has 1 aliphatic heterocycles. The summed E-state index contributed by atoms with van der Waals surface area (Å²) in [6.45, 7) is 6.26. The van der Waals surface area contributed by atoms with E-state index in [1.807, 2.05) is 12.1 Å². The molecular weight excluding hydrogens is 227 g/mol. The van der Waals surface area contributed by atoms with Crippen molar-refractivity contribution in [1.29, 1.82) is 0 Å². The topological polar surface area (TPSA) is 29.3 Å². The van der Waals surface area contributed by atoms with Crippen LogP contribution in [0.4, 0.5) is 4.39 Å². The quantitative estimate of drug-likeness (QED) is 0.870. The predicted molar refractivity (Wildman–Crippen MR) is 72.6 cm³/mol. The highest BCUT2D eigenvalue weighted by Crippen LogP contribution is 2.24. The Morgan fingerprint density at radius 1 is 1.39 bits per heavy atom. The van der Waals surface area contributed by atoms with Crippen molar-refractivity contribution in [3.8, 4) is 0 Å². The second kappa shape index (κ2) is 6.30. The molecule has 0 radical (unpaired) electrons. The van der Waals surface area contributed by atoms with Crippen molar-refractivity contribution in [1.82, 2.24) is 4.90 Å². The van der Waals surface area contributed by atoms with E-state index in [0.29, 0.717) is 5.92 Å². The third kappa shape index (κ3) is 3.79. The normalized spacial score (nSPS) is 22.3. The molecule has 2 nitrogen and oxygen atoms in total. The Balaban J connectivity index is 1.80. The van der Waals surface area contributed by atoms with Gasteiger partial charge in [0.2, 0.25) is 0 Å². The van der Waals surface area contributed by atoms with E-state index in [1.54, 1.807) is 12.1 Å². The molecule has 0 aromatic heterocycles. The molecule has 0 bridgehead atoms. The number of halogens is 1. The summed E-state index contributed by atoms with van der Waals surface area (Å²) in [4.78, 5) is 2.46. The van der Waals surface area contributed by atoms with Gasteiger partial charge in [0.1, 0.15) is 5.82 Å². The van der Waals surface area contributed by atoms with E-state index in [2.05, 4.69) is 11.8 Å². The van der Waals surface area contributed by atoms with Crippen molar-refractivity contribution in [2.75, 3.05) is 19.6 Å². The number of likely N-dealkylation sites (tertiary alicyclic amines) is 1. The van der Waals surface area contributed by atoms with Gasteiger partial charge in [-0.05, 0) is 55.5 Å². The van der Waals surface area contributed by atoms with Crippen molar-refractivity contribution < 1.29 is 4.39 Å². The Bertz CT molecular complexity index is 363. The molecule has 18 heavy (non-hydrogen) atoms. The van der Waals surface area contributed by atoms with Crippen molar-refractivity contribution >= 4 is 0 Å². The Morgan fingerprint density at radius 3 is 2.78 bits per heavy atom. The third-order valence-electron chi connectivity index (χ3n) is 3.83. The molecule has 2 unspecified atom stereocenters. The fourth-order valence-electron chi connectivity index (χ4n) is 2.76. The fraction of sp³-hybridized carbons (Fsp3) is 0.600. The number of hydrogen-bond acceptors (Lipinski definition) is 2. The zero-order chi connectivity index (χ0) is 13.0. The minimum Gasteiger partial charge on any atom is -0.330 e. The summed E-state index contributed by atoms with van der Waals surface area (Å²) in [6.07, 6.45) is 2.50. The predicted octanol–water partition coefficient (Wildman–Crippen LogP) is 2.63. The largest absolute Gasteiger partial charge is 0.330 e. The van der Waals surface area contributed by atoms with Crippen molar-refractivity contribution in [2.24, 2.45) is 17.6 Å². The second-order valence-corrected chi connectivity index (χ2v) is 5.59. The van der Waals surface area contributed by atoms with E-state index < -0.39 is 0 Å². The number of nitrogens with zero attached hydrogens (tertiary/aromatic N) is 1. The van der Waals surface area contributed by atoms with Crippen LogP contribution < -0.4 is 5.73 Å². The first-order chi connectivity index (χ1) is 8.67. The smallest absolute Gasteiger partial charge is 0.123 e. The molecule has 0 amide bonds. The highest BCUT2D eigenvalue weighted by atomic mass is 19.1. The highest BCUT2D eigenvalue weighted by molar-refractivity contribution is 5.16. The number of rotatable bonds is 5. The molecule has 1 fully saturated rings. The molecule has 100 valence electrons. The van der Waals surface area contributed by atoms with Crippen LogP contribution in [0.3, 0.4) is 0 Å². The Morgan fingerprint density at radius 2 is 2.11 bits per heavy atom. The maximum Gasteiger partial charge on any atom is 0.123 e. The van der Waals surface area contributed by atoms with Crippen LogP contribution in [-0.4, -0.2) is 24.5 Å². The molecule has 3 heteroatoms.